The number of aromatic nitrogens is 1. The predicted molar refractivity (Wildman–Crippen MR) is 101 cm³/mol. The van der Waals surface area contributed by atoms with Crippen molar-refractivity contribution in [2.75, 3.05) is 23.3 Å². The molecule has 1 aliphatic rings. The van der Waals surface area contributed by atoms with Crippen LogP contribution in [-0.4, -0.2) is 35.9 Å². The van der Waals surface area contributed by atoms with Crippen molar-refractivity contribution in [3.8, 4) is 0 Å². The number of carbonyl (C=O) groups excluding carboxylic acids is 2. The number of halogens is 1. The van der Waals surface area contributed by atoms with Crippen molar-refractivity contribution in [3.63, 3.8) is 0 Å². The van der Waals surface area contributed by atoms with Crippen molar-refractivity contribution < 1.29 is 14.0 Å². The summed E-state index contributed by atoms with van der Waals surface area (Å²) in [7, 11) is 0. The van der Waals surface area contributed by atoms with E-state index in [2.05, 4.69) is 22.2 Å². The van der Waals surface area contributed by atoms with Gasteiger partial charge in [-0.1, -0.05) is 6.58 Å². The quantitative estimate of drug-likeness (QED) is 0.676. The van der Waals surface area contributed by atoms with Gasteiger partial charge >= 0.3 is 0 Å². The molecule has 7 nitrogen and oxygen atoms in total. The first kappa shape index (κ1) is 18.4. The van der Waals surface area contributed by atoms with Crippen LogP contribution in [0.3, 0.4) is 0 Å². The first-order valence-electron chi connectivity index (χ1n) is 8.47. The third-order valence-corrected chi connectivity index (χ3v) is 4.30. The van der Waals surface area contributed by atoms with E-state index >= 15 is 0 Å². The van der Waals surface area contributed by atoms with Crippen LogP contribution in [-0.2, 0) is 4.79 Å². The van der Waals surface area contributed by atoms with Gasteiger partial charge < -0.3 is 21.3 Å². The topological polar surface area (TPSA) is 100 Å². The first-order chi connectivity index (χ1) is 13.0. The SMILES string of the molecule is C=CC(=O)NC1CCN(c2ccc(C(N)=O)c(Nc3ccc(F)cc3)n2)C1. The Hall–Kier alpha value is -3.42. The molecule has 2 amide bonds. The van der Waals surface area contributed by atoms with Gasteiger partial charge in [0.2, 0.25) is 5.91 Å². The van der Waals surface area contributed by atoms with E-state index in [1.165, 1.54) is 18.2 Å². The Morgan fingerprint density at radius 2 is 2.00 bits per heavy atom. The van der Waals surface area contributed by atoms with E-state index in [4.69, 9.17) is 5.73 Å². The third kappa shape index (κ3) is 4.41. The minimum Gasteiger partial charge on any atom is -0.365 e. The number of amides is 2. The average Bonchev–Trinajstić information content (AvgIpc) is 3.11. The van der Waals surface area contributed by atoms with Crippen LogP contribution >= 0.6 is 0 Å². The number of carbonyl (C=O) groups is 2. The molecular formula is C19H20FN5O2. The maximum absolute atomic E-state index is 13.1. The van der Waals surface area contributed by atoms with E-state index in [9.17, 15) is 14.0 Å². The molecule has 3 rings (SSSR count). The van der Waals surface area contributed by atoms with Crippen molar-refractivity contribution >= 4 is 29.1 Å². The molecule has 27 heavy (non-hydrogen) atoms. The van der Waals surface area contributed by atoms with E-state index < -0.39 is 5.91 Å². The average molecular weight is 369 g/mol. The number of pyridine rings is 1. The predicted octanol–water partition coefficient (Wildman–Crippen LogP) is 1.94. The van der Waals surface area contributed by atoms with Gasteiger partial charge in [-0.25, -0.2) is 9.37 Å². The summed E-state index contributed by atoms with van der Waals surface area (Å²) in [5.41, 5.74) is 6.26. The highest BCUT2D eigenvalue weighted by Gasteiger charge is 2.25. The summed E-state index contributed by atoms with van der Waals surface area (Å²) < 4.78 is 13.1. The lowest BCUT2D eigenvalue weighted by molar-refractivity contribution is -0.117. The van der Waals surface area contributed by atoms with Gasteiger partial charge in [0.1, 0.15) is 17.5 Å². The minimum absolute atomic E-state index is 0.00150. The van der Waals surface area contributed by atoms with Crippen molar-refractivity contribution in [1.29, 1.82) is 0 Å². The van der Waals surface area contributed by atoms with Crippen LogP contribution in [0.5, 0.6) is 0 Å². The molecule has 0 aliphatic carbocycles. The number of hydrogen-bond acceptors (Lipinski definition) is 5. The first-order valence-corrected chi connectivity index (χ1v) is 8.47. The van der Waals surface area contributed by atoms with Gasteiger partial charge in [-0.3, -0.25) is 9.59 Å². The molecule has 4 N–H and O–H groups in total. The zero-order valence-corrected chi connectivity index (χ0v) is 14.6. The molecule has 1 atom stereocenters. The van der Waals surface area contributed by atoms with Crippen LogP contribution < -0.4 is 21.3 Å². The normalized spacial score (nSPS) is 16.0. The zero-order valence-electron chi connectivity index (χ0n) is 14.6. The number of anilines is 3. The highest BCUT2D eigenvalue weighted by Crippen LogP contribution is 2.25. The van der Waals surface area contributed by atoms with Crippen molar-refractivity contribution in [1.82, 2.24) is 10.3 Å². The second-order valence-corrected chi connectivity index (χ2v) is 6.21. The molecule has 1 aromatic carbocycles. The number of nitrogens with two attached hydrogens (primary N) is 1. The molecule has 140 valence electrons. The lowest BCUT2D eigenvalue weighted by Crippen LogP contribution is -2.36. The molecular weight excluding hydrogens is 349 g/mol. The van der Waals surface area contributed by atoms with Crippen LogP contribution in [0.4, 0.5) is 21.7 Å². The van der Waals surface area contributed by atoms with Gasteiger partial charge in [0.05, 0.1) is 5.56 Å². The lowest BCUT2D eigenvalue weighted by atomic mass is 10.2. The Balaban J connectivity index is 1.81. The fourth-order valence-corrected chi connectivity index (χ4v) is 2.94. The van der Waals surface area contributed by atoms with E-state index in [1.54, 1.807) is 24.3 Å². The Bertz CT molecular complexity index is 869. The van der Waals surface area contributed by atoms with Crippen LogP contribution in [0.15, 0.2) is 49.1 Å². The monoisotopic (exact) mass is 369 g/mol. The largest absolute Gasteiger partial charge is 0.365 e. The zero-order chi connectivity index (χ0) is 19.4. The maximum Gasteiger partial charge on any atom is 0.252 e. The molecule has 2 heterocycles. The number of rotatable bonds is 6. The molecule has 1 fully saturated rings. The number of benzene rings is 1. The van der Waals surface area contributed by atoms with Crippen molar-refractivity contribution in [3.05, 3.63) is 60.4 Å². The summed E-state index contributed by atoms with van der Waals surface area (Å²) in [6.45, 7) is 4.75. The fraction of sp³-hybridized carbons (Fsp3) is 0.211. The smallest absolute Gasteiger partial charge is 0.252 e. The minimum atomic E-state index is -0.615. The van der Waals surface area contributed by atoms with Gasteiger partial charge in [0, 0.05) is 24.8 Å². The maximum atomic E-state index is 13.1. The van der Waals surface area contributed by atoms with Crippen LogP contribution in [0, 0.1) is 5.82 Å². The van der Waals surface area contributed by atoms with Crippen LogP contribution in [0.25, 0.3) is 0 Å². The Morgan fingerprint density at radius 3 is 2.67 bits per heavy atom. The Morgan fingerprint density at radius 1 is 1.26 bits per heavy atom. The molecule has 8 heteroatoms. The molecule has 0 saturated carbocycles. The fourth-order valence-electron chi connectivity index (χ4n) is 2.94. The Labute approximate surface area is 156 Å². The molecule has 1 unspecified atom stereocenters. The van der Waals surface area contributed by atoms with E-state index in [1.807, 2.05) is 4.90 Å². The summed E-state index contributed by atoms with van der Waals surface area (Å²) in [6.07, 6.45) is 2.02. The highest BCUT2D eigenvalue weighted by atomic mass is 19.1. The highest BCUT2D eigenvalue weighted by molar-refractivity contribution is 5.98. The van der Waals surface area contributed by atoms with Gasteiger partial charge in [-0.15, -0.1) is 0 Å². The van der Waals surface area contributed by atoms with Gasteiger partial charge in [0.15, 0.2) is 0 Å². The van der Waals surface area contributed by atoms with E-state index in [-0.39, 0.29) is 23.3 Å². The number of nitrogens with zero attached hydrogens (tertiary/aromatic N) is 2. The molecule has 1 aliphatic heterocycles. The summed E-state index contributed by atoms with van der Waals surface area (Å²) in [6, 6.07) is 9.03. The van der Waals surface area contributed by atoms with Gasteiger partial charge in [-0.05, 0) is 48.9 Å². The molecule has 0 spiro atoms. The molecule has 1 aromatic heterocycles. The molecule has 0 bridgehead atoms. The standard InChI is InChI=1S/C19H20FN5O2/c1-2-17(26)22-14-9-10-25(11-14)16-8-7-15(18(21)27)19(24-16)23-13-5-3-12(20)4-6-13/h2-8,14H,1,9-11H2,(H2,21,27)(H,22,26)(H,23,24). The summed E-state index contributed by atoms with van der Waals surface area (Å²) in [4.78, 5) is 29.7. The van der Waals surface area contributed by atoms with Crippen LogP contribution in [0.1, 0.15) is 16.8 Å². The number of nitrogens with one attached hydrogen (secondary N) is 2. The van der Waals surface area contributed by atoms with E-state index in [0.717, 1.165) is 6.42 Å². The second kappa shape index (κ2) is 7.86. The lowest BCUT2D eigenvalue weighted by Gasteiger charge is -2.20. The molecule has 1 saturated heterocycles. The molecule has 2 aromatic rings. The van der Waals surface area contributed by atoms with Crippen LogP contribution in [0.2, 0.25) is 0 Å². The summed E-state index contributed by atoms with van der Waals surface area (Å²) in [5.74, 6) is -0.235. The third-order valence-electron chi connectivity index (χ3n) is 4.30. The molecule has 0 radical (unpaired) electrons. The Kier molecular flexibility index (Phi) is 5.35. The van der Waals surface area contributed by atoms with Gasteiger partial charge in [-0.2, -0.15) is 0 Å². The van der Waals surface area contributed by atoms with Crippen molar-refractivity contribution in [2.24, 2.45) is 5.73 Å². The summed E-state index contributed by atoms with van der Waals surface area (Å²) >= 11 is 0. The van der Waals surface area contributed by atoms with E-state index in [0.29, 0.717) is 30.4 Å². The number of hydrogen-bond donors (Lipinski definition) is 3. The van der Waals surface area contributed by atoms with Crippen molar-refractivity contribution in [2.45, 2.75) is 12.5 Å². The second-order valence-electron chi connectivity index (χ2n) is 6.21. The number of primary amides is 1. The van der Waals surface area contributed by atoms with Gasteiger partial charge in [0.25, 0.3) is 5.91 Å². The summed E-state index contributed by atoms with van der Waals surface area (Å²) in [5, 5.41) is 5.88.